The Bertz CT molecular complexity index is 1130. The smallest absolute Gasteiger partial charge is 0.162 e. The number of hydrogen-bond donors (Lipinski definition) is 1. The van der Waals surface area contributed by atoms with E-state index in [0.717, 1.165) is 32.5 Å². The number of carbonyl (C=O) groups is 1. The minimum atomic E-state index is -0.305. The van der Waals surface area contributed by atoms with Gasteiger partial charge < -0.3 is 10.2 Å². The van der Waals surface area contributed by atoms with Gasteiger partial charge in [0.05, 0.1) is 5.69 Å². The molecule has 2 aliphatic rings. The lowest BCUT2D eigenvalue weighted by Gasteiger charge is -2.35. The fraction of sp³-hybridized carbons (Fsp3) is 0.321. The molecule has 2 atom stereocenters. The summed E-state index contributed by atoms with van der Waals surface area (Å²) in [5, 5.41) is 3.83. The molecule has 0 spiro atoms. The zero-order valence-corrected chi connectivity index (χ0v) is 19.7. The number of piperidine rings is 1. The van der Waals surface area contributed by atoms with Gasteiger partial charge in [0.2, 0.25) is 0 Å². The van der Waals surface area contributed by atoms with Gasteiger partial charge in [-0.05, 0) is 74.3 Å². The van der Waals surface area contributed by atoms with E-state index in [4.69, 9.17) is 0 Å². The van der Waals surface area contributed by atoms with Crippen molar-refractivity contribution in [1.82, 2.24) is 4.90 Å². The Kier molecular flexibility index (Phi) is 6.52. The lowest BCUT2D eigenvalue weighted by Crippen LogP contribution is -2.42. The third-order valence-corrected chi connectivity index (χ3v) is 7.85. The van der Waals surface area contributed by atoms with E-state index in [1.807, 2.05) is 11.8 Å². The molecule has 3 aromatic carbocycles. The number of para-hydroxylation sites is 1. The van der Waals surface area contributed by atoms with Crippen LogP contribution in [0.25, 0.3) is 0 Å². The summed E-state index contributed by atoms with van der Waals surface area (Å²) in [7, 11) is 0. The van der Waals surface area contributed by atoms with Gasteiger partial charge in [0.25, 0.3) is 0 Å². The van der Waals surface area contributed by atoms with Gasteiger partial charge in [0, 0.05) is 46.8 Å². The van der Waals surface area contributed by atoms with Gasteiger partial charge in [-0.3, -0.25) is 4.79 Å². The molecule has 170 valence electrons. The van der Waals surface area contributed by atoms with Crippen molar-refractivity contribution in [1.29, 1.82) is 0 Å². The lowest BCUT2D eigenvalue weighted by atomic mass is 9.89. The predicted molar refractivity (Wildman–Crippen MR) is 133 cm³/mol. The van der Waals surface area contributed by atoms with Gasteiger partial charge in [-0.2, -0.15) is 0 Å². The fourth-order valence-corrected chi connectivity index (χ4v) is 5.92. The second-order valence-electron chi connectivity index (χ2n) is 9.12. The van der Waals surface area contributed by atoms with Crippen molar-refractivity contribution in [2.45, 2.75) is 47.9 Å². The van der Waals surface area contributed by atoms with Gasteiger partial charge in [-0.25, -0.2) is 4.39 Å². The maximum Gasteiger partial charge on any atom is 0.162 e. The van der Waals surface area contributed by atoms with Crippen molar-refractivity contribution in [2.24, 2.45) is 0 Å². The number of aryl methyl sites for hydroxylation is 1. The quantitative estimate of drug-likeness (QED) is 0.406. The van der Waals surface area contributed by atoms with E-state index in [2.05, 4.69) is 59.6 Å². The van der Waals surface area contributed by atoms with Crippen LogP contribution in [-0.2, 0) is 0 Å². The topological polar surface area (TPSA) is 32.3 Å². The van der Waals surface area contributed by atoms with E-state index in [1.54, 1.807) is 12.1 Å². The average Bonchev–Trinajstić information content (AvgIpc) is 3.20. The Balaban J connectivity index is 1.20. The molecular formula is C28H29FN2OS. The molecule has 0 aliphatic carbocycles. The highest BCUT2D eigenvalue weighted by Gasteiger charge is 2.37. The zero-order valence-electron chi connectivity index (χ0n) is 18.9. The molecule has 0 saturated carbocycles. The molecule has 0 amide bonds. The largest absolute Gasteiger partial charge is 0.380 e. The number of Topliss-reactive ketones (excluding diaryl/α,β-unsaturated/α-hetero) is 1. The monoisotopic (exact) mass is 460 g/mol. The number of fused-ring (bicyclic) bond motifs is 3. The van der Waals surface area contributed by atoms with Crippen LogP contribution in [0.2, 0.25) is 0 Å². The molecular weight excluding hydrogens is 431 g/mol. The van der Waals surface area contributed by atoms with Crippen molar-refractivity contribution >= 4 is 23.2 Å². The molecule has 2 aliphatic heterocycles. The Morgan fingerprint density at radius 3 is 2.67 bits per heavy atom. The molecule has 2 heterocycles. The molecule has 3 aromatic rings. The van der Waals surface area contributed by atoms with Crippen LogP contribution in [0.1, 0.15) is 46.7 Å². The maximum atomic E-state index is 13.1. The second kappa shape index (κ2) is 9.70. The number of rotatable bonds is 7. The lowest BCUT2D eigenvalue weighted by molar-refractivity contribution is 0.0971. The van der Waals surface area contributed by atoms with E-state index in [0.29, 0.717) is 23.9 Å². The van der Waals surface area contributed by atoms with Gasteiger partial charge >= 0.3 is 0 Å². The predicted octanol–water partition coefficient (Wildman–Crippen LogP) is 6.53. The summed E-state index contributed by atoms with van der Waals surface area (Å²) < 4.78 is 13.1. The second-order valence-corrected chi connectivity index (χ2v) is 10.2. The fourth-order valence-electron chi connectivity index (χ4n) is 4.97. The summed E-state index contributed by atoms with van der Waals surface area (Å²) in [6, 6.07) is 21.7. The molecule has 1 saturated heterocycles. The van der Waals surface area contributed by atoms with Gasteiger partial charge in [-0.15, -0.1) is 0 Å². The molecule has 0 aromatic heterocycles. The zero-order chi connectivity index (χ0) is 22.8. The molecule has 1 N–H and O–H groups in total. The molecule has 5 heteroatoms. The summed E-state index contributed by atoms with van der Waals surface area (Å²) in [4.78, 5) is 17.4. The normalized spacial score (nSPS) is 19.6. The standard InChI is InChI=1S/C28H29FN2OS/c1-19-7-13-22(14-8-19)33-27-6-2-4-23-24-18-31(17-15-25(24)30-28(23)27)16-3-5-26(32)20-9-11-21(29)12-10-20/h2,4,6-14,24-25,30H,3,5,15-18H2,1H3/t24-,25+/m1/s1. The highest BCUT2D eigenvalue weighted by atomic mass is 32.2. The first-order valence-electron chi connectivity index (χ1n) is 11.7. The minimum Gasteiger partial charge on any atom is -0.380 e. The summed E-state index contributed by atoms with van der Waals surface area (Å²) in [5.74, 6) is 0.274. The van der Waals surface area contributed by atoms with Gasteiger partial charge in [0.1, 0.15) is 5.82 Å². The maximum absolute atomic E-state index is 13.1. The van der Waals surface area contributed by atoms with Crippen LogP contribution in [0, 0.1) is 12.7 Å². The number of likely N-dealkylation sites (tertiary alicyclic amines) is 1. The molecule has 1 fully saturated rings. The molecule has 0 radical (unpaired) electrons. The molecule has 0 unspecified atom stereocenters. The van der Waals surface area contributed by atoms with Crippen LogP contribution in [0.15, 0.2) is 76.5 Å². The van der Waals surface area contributed by atoms with E-state index >= 15 is 0 Å². The number of hydrogen-bond acceptors (Lipinski definition) is 4. The summed E-state index contributed by atoms with van der Waals surface area (Å²) >= 11 is 1.83. The van der Waals surface area contributed by atoms with Crippen LogP contribution in [0.4, 0.5) is 10.1 Å². The number of nitrogens with zero attached hydrogens (tertiary/aromatic N) is 1. The van der Waals surface area contributed by atoms with Crippen LogP contribution in [-0.4, -0.2) is 36.4 Å². The molecule has 3 nitrogen and oxygen atoms in total. The third-order valence-electron chi connectivity index (χ3n) is 6.78. The highest BCUT2D eigenvalue weighted by Crippen LogP contribution is 2.46. The van der Waals surface area contributed by atoms with E-state index in [1.165, 1.54) is 38.7 Å². The number of ketones is 1. The van der Waals surface area contributed by atoms with Crippen molar-refractivity contribution in [3.05, 3.63) is 89.2 Å². The first-order valence-corrected chi connectivity index (χ1v) is 12.5. The number of benzene rings is 3. The Morgan fingerprint density at radius 2 is 1.88 bits per heavy atom. The van der Waals surface area contributed by atoms with Crippen molar-refractivity contribution in [2.75, 3.05) is 25.0 Å². The first kappa shape index (κ1) is 22.2. The molecule has 5 rings (SSSR count). The van der Waals surface area contributed by atoms with Crippen LogP contribution >= 0.6 is 11.8 Å². The van der Waals surface area contributed by atoms with Gasteiger partial charge in [0.15, 0.2) is 5.78 Å². The Labute approximate surface area is 199 Å². The first-order chi connectivity index (χ1) is 16.1. The van der Waals surface area contributed by atoms with Crippen molar-refractivity contribution in [3.8, 4) is 0 Å². The van der Waals surface area contributed by atoms with Crippen LogP contribution < -0.4 is 5.32 Å². The summed E-state index contributed by atoms with van der Waals surface area (Å²) in [5.41, 5.74) is 4.60. The van der Waals surface area contributed by atoms with Crippen molar-refractivity contribution in [3.63, 3.8) is 0 Å². The summed E-state index contributed by atoms with van der Waals surface area (Å²) in [6.45, 7) is 5.11. The van der Waals surface area contributed by atoms with Crippen molar-refractivity contribution < 1.29 is 9.18 Å². The minimum absolute atomic E-state index is 0.0931. The van der Waals surface area contributed by atoms with Gasteiger partial charge in [-0.1, -0.05) is 41.6 Å². The average molecular weight is 461 g/mol. The Morgan fingerprint density at radius 1 is 1.09 bits per heavy atom. The van der Waals surface area contributed by atoms with Crippen LogP contribution in [0.3, 0.4) is 0 Å². The van der Waals surface area contributed by atoms with E-state index < -0.39 is 0 Å². The number of anilines is 1. The third kappa shape index (κ3) is 4.99. The number of nitrogens with one attached hydrogen (secondary N) is 1. The molecule has 0 bridgehead atoms. The van der Waals surface area contributed by atoms with E-state index in [9.17, 15) is 9.18 Å². The highest BCUT2D eigenvalue weighted by molar-refractivity contribution is 7.99. The Hall–Kier alpha value is -2.63. The SMILES string of the molecule is Cc1ccc(Sc2cccc3c2N[C@H]2CCN(CCCC(=O)c4ccc(F)cc4)C[C@H]32)cc1. The summed E-state index contributed by atoms with van der Waals surface area (Å²) in [6.07, 6.45) is 2.44. The number of carbonyl (C=O) groups excluding carboxylic acids is 1. The van der Waals surface area contributed by atoms with E-state index in [-0.39, 0.29) is 11.6 Å². The number of halogens is 1. The molecule has 33 heavy (non-hydrogen) atoms. The van der Waals surface area contributed by atoms with Crippen LogP contribution in [0.5, 0.6) is 0 Å².